The highest BCUT2D eigenvalue weighted by Gasteiger charge is 2.56. The van der Waals surface area contributed by atoms with E-state index in [4.69, 9.17) is 0 Å². The topological polar surface area (TPSA) is 32.3 Å². The Hall–Kier alpha value is -1.16. The van der Waals surface area contributed by atoms with Crippen LogP contribution in [0.2, 0.25) is 0 Å². The number of hydrogen-bond acceptors (Lipinski definition) is 2. The largest absolute Gasteiger partial charge is 0.508 e. The van der Waals surface area contributed by atoms with Gasteiger partial charge >= 0.3 is 0 Å². The third kappa shape index (κ3) is 1.69. The normalized spacial score (nSPS) is 22.1. The lowest BCUT2D eigenvalue weighted by Crippen LogP contribution is -2.57. The number of phenolic OH excluding ortho intramolecular Hbond substituents is 1. The Balaban J connectivity index is 2.29. The van der Waals surface area contributed by atoms with Crippen LogP contribution in [-0.2, 0) is 5.54 Å². The van der Waals surface area contributed by atoms with Gasteiger partial charge in [-0.15, -0.1) is 0 Å². The van der Waals surface area contributed by atoms with E-state index in [1.54, 1.807) is 19.2 Å². The van der Waals surface area contributed by atoms with Crippen molar-refractivity contribution in [3.05, 3.63) is 29.8 Å². The van der Waals surface area contributed by atoms with Gasteiger partial charge in [-0.25, -0.2) is 8.78 Å². The minimum Gasteiger partial charge on any atom is -0.508 e. The SMILES string of the molecule is CNC1(c2cccc(O)c2)CC(F)(F)C1. The molecule has 0 radical (unpaired) electrons. The number of hydrogen-bond donors (Lipinski definition) is 2. The van der Waals surface area contributed by atoms with Crippen LogP contribution in [0.5, 0.6) is 5.75 Å². The van der Waals surface area contributed by atoms with E-state index in [1.807, 2.05) is 0 Å². The van der Waals surface area contributed by atoms with Gasteiger partial charge in [0.05, 0.1) is 5.54 Å². The number of benzene rings is 1. The zero-order chi connectivity index (χ0) is 11.1. The Labute approximate surface area is 86.9 Å². The molecular weight excluding hydrogens is 200 g/mol. The van der Waals surface area contributed by atoms with E-state index in [0.29, 0.717) is 0 Å². The molecule has 82 valence electrons. The molecule has 0 atom stereocenters. The summed E-state index contributed by atoms with van der Waals surface area (Å²) in [6.07, 6.45) is -0.417. The van der Waals surface area contributed by atoms with E-state index in [1.165, 1.54) is 12.1 Å². The van der Waals surface area contributed by atoms with Crippen molar-refractivity contribution >= 4 is 0 Å². The Morgan fingerprint density at radius 2 is 2.00 bits per heavy atom. The molecule has 0 spiro atoms. The monoisotopic (exact) mass is 213 g/mol. The van der Waals surface area contributed by atoms with Gasteiger partial charge in [-0.05, 0) is 24.7 Å². The maximum atomic E-state index is 12.9. The van der Waals surface area contributed by atoms with Crippen LogP contribution in [0.25, 0.3) is 0 Å². The van der Waals surface area contributed by atoms with Gasteiger partial charge < -0.3 is 10.4 Å². The lowest BCUT2D eigenvalue weighted by Gasteiger charge is -2.47. The molecule has 0 unspecified atom stereocenters. The van der Waals surface area contributed by atoms with E-state index in [2.05, 4.69) is 5.32 Å². The molecule has 0 bridgehead atoms. The fraction of sp³-hybridized carbons (Fsp3) is 0.455. The molecule has 1 aliphatic rings. The second kappa shape index (κ2) is 3.17. The maximum absolute atomic E-state index is 12.9. The molecule has 1 aromatic rings. The van der Waals surface area contributed by atoms with Crippen molar-refractivity contribution in [2.24, 2.45) is 0 Å². The van der Waals surface area contributed by atoms with E-state index in [9.17, 15) is 13.9 Å². The number of rotatable bonds is 2. The Morgan fingerprint density at radius 1 is 1.33 bits per heavy atom. The van der Waals surface area contributed by atoms with Crippen molar-refractivity contribution in [2.45, 2.75) is 24.3 Å². The van der Waals surface area contributed by atoms with E-state index in [-0.39, 0.29) is 18.6 Å². The van der Waals surface area contributed by atoms with Crippen molar-refractivity contribution in [3.63, 3.8) is 0 Å². The van der Waals surface area contributed by atoms with Crippen LogP contribution >= 0.6 is 0 Å². The lowest BCUT2D eigenvalue weighted by molar-refractivity contribution is -0.135. The minimum absolute atomic E-state index is 0.109. The zero-order valence-electron chi connectivity index (χ0n) is 8.43. The molecule has 1 fully saturated rings. The van der Waals surface area contributed by atoms with E-state index >= 15 is 0 Å². The molecule has 2 N–H and O–H groups in total. The fourth-order valence-corrected chi connectivity index (χ4v) is 2.16. The molecule has 4 heteroatoms. The molecule has 1 aromatic carbocycles. The first-order valence-corrected chi connectivity index (χ1v) is 4.84. The highest BCUT2D eigenvalue weighted by atomic mass is 19.3. The van der Waals surface area contributed by atoms with Gasteiger partial charge in [0.25, 0.3) is 5.92 Å². The van der Waals surface area contributed by atoms with Crippen molar-refractivity contribution in [1.82, 2.24) is 5.32 Å². The van der Waals surface area contributed by atoms with Gasteiger partial charge in [-0.3, -0.25) is 0 Å². The second-order valence-electron chi connectivity index (χ2n) is 4.09. The van der Waals surface area contributed by atoms with Gasteiger partial charge in [0.1, 0.15) is 5.75 Å². The number of aromatic hydroxyl groups is 1. The minimum atomic E-state index is -2.59. The first kappa shape index (κ1) is 10.4. The number of phenols is 1. The van der Waals surface area contributed by atoms with Crippen LogP contribution in [0, 0.1) is 0 Å². The summed E-state index contributed by atoms with van der Waals surface area (Å²) in [5.41, 5.74) is 0.0401. The molecular formula is C11H13F2NO. The zero-order valence-corrected chi connectivity index (χ0v) is 8.43. The molecule has 0 amide bonds. The number of halogens is 2. The van der Waals surface area contributed by atoms with Crippen LogP contribution < -0.4 is 5.32 Å². The molecule has 1 saturated carbocycles. The van der Waals surface area contributed by atoms with Gasteiger partial charge in [-0.2, -0.15) is 0 Å². The highest BCUT2D eigenvalue weighted by Crippen LogP contribution is 2.51. The van der Waals surface area contributed by atoms with E-state index in [0.717, 1.165) is 5.56 Å². The second-order valence-corrected chi connectivity index (χ2v) is 4.09. The van der Waals surface area contributed by atoms with Gasteiger partial charge in [0.2, 0.25) is 0 Å². The summed E-state index contributed by atoms with van der Waals surface area (Å²) in [7, 11) is 1.67. The Bertz CT molecular complexity index is 371. The predicted octanol–water partition coefficient (Wildman–Crippen LogP) is 2.24. The van der Waals surface area contributed by atoms with E-state index < -0.39 is 11.5 Å². The average molecular weight is 213 g/mol. The summed E-state index contributed by atoms with van der Waals surface area (Å²) < 4.78 is 25.8. The lowest BCUT2D eigenvalue weighted by atomic mass is 9.69. The van der Waals surface area contributed by atoms with Crippen molar-refractivity contribution in [1.29, 1.82) is 0 Å². The van der Waals surface area contributed by atoms with Gasteiger partial charge in [-0.1, -0.05) is 12.1 Å². The van der Waals surface area contributed by atoms with Crippen LogP contribution in [0.15, 0.2) is 24.3 Å². The first-order valence-electron chi connectivity index (χ1n) is 4.84. The smallest absolute Gasteiger partial charge is 0.252 e. The summed E-state index contributed by atoms with van der Waals surface area (Å²) in [5, 5.41) is 12.2. The third-order valence-electron chi connectivity index (χ3n) is 3.00. The fourth-order valence-electron chi connectivity index (χ4n) is 2.16. The van der Waals surface area contributed by atoms with Crippen LogP contribution in [0.4, 0.5) is 8.78 Å². The summed E-state index contributed by atoms with van der Waals surface area (Å²) in [6.45, 7) is 0. The third-order valence-corrected chi connectivity index (χ3v) is 3.00. The number of alkyl halides is 2. The van der Waals surface area contributed by atoms with Crippen molar-refractivity contribution in [2.75, 3.05) is 7.05 Å². The highest BCUT2D eigenvalue weighted by molar-refractivity contribution is 5.35. The van der Waals surface area contributed by atoms with Crippen molar-refractivity contribution in [3.8, 4) is 5.75 Å². The van der Waals surface area contributed by atoms with Crippen LogP contribution in [-0.4, -0.2) is 18.1 Å². The summed E-state index contributed by atoms with van der Waals surface area (Å²) >= 11 is 0. The Kier molecular flexibility index (Phi) is 2.19. The predicted molar refractivity (Wildman–Crippen MR) is 53.0 cm³/mol. The molecule has 15 heavy (non-hydrogen) atoms. The van der Waals surface area contributed by atoms with Crippen LogP contribution in [0.1, 0.15) is 18.4 Å². The Morgan fingerprint density at radius 3 is 2.47 bits per heavy atom. The molecule has 1 aliphatic carbocycles. The molecule has 2 rings (SSSR count). The molecule has 0 aliphatic heterocycles. The number of nitrogens with one attached hydrogen (secondary N) is 1. The van der Waals surface area contributed by atoms with Crippen LogP contribution in [0.3, 0.4) is 0 Å². The summed E-state index contributed by atoms with van der Waals surface area (Å²) in [6, 6.07) is 6.49. The molecule has 0 heterocycles. The van der Waals surface area contributed by atoms with Gasteiger partial charge in [0, 0.05) is 12.8 Å². The standard InChI is InChI=1S/C11H13F2NO/c1-14-10(6-11(12,13)7-10)8-3-2-4-9(15)5-8/h2-5,14-15H,6-7H2,1H3. The summed E-state index contributed by atoms with van der Waals surface area (Å²) in [4.78, 5) is 0. The quantitative estimate of drug-likeness (QED) is 0.789. The molecule has 0 aromatic heterocycles. The summed E-state index contributed by atoms with van der Waals surface area (Å²) in [5.74, 6) is -2.48. The first-order chi connectivity index (χ1) is 6.97. The van der Waals surface area contributed by atoms with Crippen molar-refractivity contribution < 1.29 is 13.9 Å². The van der Waals surface area contributed by atoms with Gasteiger partial charge in [0.15, 0.2) is 0 Å². The molecule has 2 nitrogen and oxygen atoms in total. The molecule has 0 saturated heterocycles. The maximum Gasteiger partial charge on any atom is 0.252 e. The average Bonchev–Trinajstić information content (AvgIpc) is 2.13.